The van der Waals surface area contributed by atoms with Crippen LogP contribution >= 0.6 is 0 Å². The van der Waals surface area contributed by atoms with Gasteiger partial charge in [-0.05, 0) is 54.7 Å². The van der Waals surface area contributed by atoms with Gasteiger partial charge in [-0.25, -0.2) is 4.79 Å². The minimum atomic E-state index is -0.664. The summed E-state index contributed by atoms with van der Waals surface area (Å²) in [4.78, 5) is 49.3. The lowest BCUT2D eigenvalue weighted by molar-refractivity contribution is -0.384. The van der Waals surface area contributed by atoms with E-state index in [4.69, 9.17) is 4.74 Å². The molecule has 2 bridgehead atoms. The van der Waals surface area contributed by atoms with Crippen molar-refractivity contribution in [2.45, 2.75) is 6.42 Å². The Hall–Kier alpha value is -3.81. The third kappa shape index (κ3) is 2.72. The van der Waals surface area contributed by atoms with E-state index in [0.717, 1.165) is 6.42 Å². The zero-order valence-corrected chi connectivity index (χ0v) is 15.6. The van der Waals surface area contributed by atoms with Crippen LogP contribution in [0.4, 0.5) is 11.4 Å². The summed E-state index contributed by atoms with van der Waals surface area (Å²) in [5.41, 5.74) is 0.503. The first kappa shape index (κ1) is 18.2. The van der Waals surface area contributed by atoms with Crippen molar-refractivity contribution in [3.05, 3.63) is 76.4 Å². The van der Waals surface area contributed by atoms with E-state index in [1.807, 2.05) is 12.2 Å². The van der Waals surface area contributed by atoms with Crippen LogP contribution in [0.2, 0.25) is 0 Å². The molecule has 30 heavy (non-hydrogen) atoms. The van der Waals surface area contributed by atoms with E-state index in [-0.39, 0.29) is 52.5 Å². The van der Waals surface area contributed by atoms with E-state index in [0.29, 0.717) is 5.69 Å². The lowest BCUT2D eigenvalue weighted by Crippen LogP contribution is -2.32. The largest absolute Gasteiger partial charge is 0.423 e. The number of anilines is 1. The number of fused-ring (bicyclic) bond motifs is 5. The fourth-order valence-electron chi connectivity index (χ4n) is 4.71. The number of hydrogen-bond donors (Lipinski definition) is 0. The van der Waals surface area contributed by atoms with Crippen LogP contribution in [0.1, 0.15) is 16.8 Å². The summed E-state index contributed by atoms with van der Waals surface area (Å²) < 4.78 is 5.28. The minimum absolute atomic E-state index is 0.121. The summed E-state index contributed by atoms with van der Waals surface area (Å²) >= 11 is 0. The molecule has 8 heteroatoms. The van der Waals surface area contributed by atoms with Gasteiger partial charge in [0.25, 0.3) is 5.69 Å². The molecule has 0 spiro atoms. The molecular formula is C22H16N2O6. The maximum atomic E-state index is 12.8. The van der Waals surface area contributed by atoms with E-state index >= 15 is 0 Å². The number of imide groups is 1. The minimum Gasteiger partial charge on any atom is -0.423 e. The summed E-state index contributed by atoms with van der Waals surface area (Å²) in [7, 11) is 0. The van der Waals surface area contributed by atoms with Gasteiger partial charge in [0.1, 0.15) is 5.75 Å². The predicted octanol–water partition coefficient (Wildman–Crippen LogP) is 3.13. The van der Waals surface area contributed by atoms with Crippen LogP contribution in [-0.4, -0.2) is 22.7 Å². The van der Waals surface area contributed by atoms with Crippen LogP contribution in [0, 0.1) is 33.8 Å². The van der Waals surface area contributed by atoms with E-state index < -0.39 is 10.9 Å². The number of non-ortho nitro benzene ring substituents is 1. The van der Waals surface area contributed by atoms with Crippen molar-refractivity contribution < 1.29 is 24.0 Å². The normalized spacial score (nSPS) is 26.2. The number of amides is 2. The Kier molecular flexibility index (Phi) is 4.02. The van der Waals surface area contributed by atoms with Gasteiger partial charge in [0.15, 0.2) is 0 Å². The number of hydrogen-bond acceptors (Lipinski definition) is 6. The van der Waals surface area contributed by atoms with Gasteiger partial charge < -0.3 is 4.74 Å². The van der Waals surface area contributed by atoms with Crippen molar-refractivity contribution in [1.82, 2.24) is 0 Å². The second-order valence-electron chi connectivity index (χ2n) is 7.70. The van der Waals surface area contributed by atoms with Crippen LogP contribution in [0.15, 0.2) is 60.7 Å². The van der Waals surface area contributed by atoms with Crippen LogP contribution < -0.4 is 9.64 Å². The average molecular weight is 404 g/mol. The fraction of sp³-hybridized carbons (Fsp3) is 0.227. The van der Waals surface area contributed by atoms with Crippen LogP contribution in [0.5, 0.6) is 5.75 Å². The first-order valence-electron chi connectivity index (χ1n) is 9.57. The molecule has 2 aromatic rings. The number of benzene rings is 2. The number of allylic oxidation sites excluding steroid dienone is 2. The molecule has 1 aliphatic heterocycles. The van der Waals surface area contributed by atoms with Crippen molar-refractivity contribution in [3.8, 4) is 5.75 Å². The lowest BCUT2D eigenvalue weighted by atomic mass is 9.85. The first-order valence-corrected chi connectivity index (χ1v) is 9.57. The number of nitrogens with zero attached hydrogens (tertiary/aromatic N) is 2. The molecule has 2 aromatic carbocycles. The smallest absolute Gasteiger partial charge is 0.343 e. The molecule has 2 aliphatic carbocycles. The molecule has 3 aliphatic rings. The highest BCUT2D eigenvalue weighted by Crippen LogP contribution is 2.53. The Balaban J connectivity index is 1.30. The van der Waals surface area contributed by atoms with Crippen molar-refractivity contribution >= 4 is 29.2 Å². The molecule has 1 saturated carbocycles. The number of carbonyl (C=O) groups excluding carboxylic acids is 3. The summed E-state index contributed by atoms with van der Waals surface area (Å²) in [6.07, 6.45) is 4.96. The summed E-state index contributed by atoms with van der Waals surface area (Å²) in [6.45, 7) is 0. The number of esters is 1. The first-order chi connectivity index (χ1) is 14.4. The average Bonchev–Trinajstić information content (AvgIpc) is 3.43. The van der Waals surface area contributed by atoms with Gasteiger partial charge in [-0.2, -0.15) is 0 Å². The SMILES string of the molecule is O=C(Oc1ccc(N2C(=O)[C@@H]3[C@@H](C2=O)[C@H]2C=C[C@H]3C2)cc1)c1ccc([N+](=O)[O-])cc1. The Morgan fingerprint density at radius 2 is 1.50 bits per heavy atom. The number of carbonyl (C=O) groups is 3. The zero-order chi connectivity index (χ0) is 21.0. The number of rotatable bonds is 4. The number of ether oxygens (including phenoxy) is 1. The van der Waals surface area contributed by atoms with Crippen LogP contribution in [0.3, 0.4) is 0 Å². The second kappa shape index (κ2) is 6.62. The van der Waals surface area contributed by atoms with Crippen molar-refractivity contribution in [2.24, 2.45) is 23.7 Å². The molecule has 2 fully saturated rings. The maximum absolute atomic E-state index is 12.8. The number of nitro benzene ring substituents is 1. The van der Waals surface area contributed by atoms with Crippen molar-refractivity contribution in [2.75, 3.05) is 4.90 Å². The molecule has 2 amide bonds. The third-order valence-corrected chi connectivity index (χ3v) is 6.09. The lowest BCUT2D eigenvalue weighted by Gasteiger charge is -2.17. The molecule has 0 unspecified atom stereocenters. The monoisotopic (exact) mass is 404 g/mol. The van der Waals surface area contributed by atoms with Crippen molar-refractivity contribution in [1.29, 1.82) is 0 Å². The van der Waals surface area contributed by atoms with E-state index in [1.54, 1.807) is 12.1 Å². The fourth-order valence-corrected chi connectivity index (χ4v) is 4.71. The Morgan fingerprint density at radius 3 is 2.03 bits per heavy atom. The topological polar surface area (TPSA) is 107 Å². The summed E-state index contributed by atoms with van der Waals surface area (Å²) in [5, 5.41) is 10.7. The van der Waals surface area contributed by atoms with Gasteiger partial charge >= 0.3 is 5.97 Å². The molecule has 150 valence electrons. The Morgan fingerprint density at radius 1 is 0.933 bits per heavy atom. The molecule has 1 saturated heterocycles. The second-order valence-corrected chi connectivity index (χ2v) is 7.70. The predicted molar refractivity (Wildman–Crippen MR) is 105 cm³/mol. The van der Waals surface area contributed by atoms with Gasteiger partial charge in [0, 0.05) is 12.1 Å². The highest BCUT2D eigenvalue weighted by atomic mass is 16.6. The van der Waals surface area contributed by atoms with E-state index in [2.05, 4.69) is 0 Å². The van der Waals surface area contributed by atoms with Gasteiger partial charge in [-0.3, -0.25) is 24.6 Å². The number of nitro groups is 1. The summed E-state index contributed by atoms with van der Waals surface area (Å²) in [5.74, 6) is -1.02. The van der Waals surface area contributed by atoms with Crippen molar-refractivity contribution in [3.63, 3.8) is 0 Å². The van der Waals surface area contributed by atoms with E-state index in [1.165, 1.54) is 41.3 Å². The summed E-state index contributed by atoms with van der Waals surface area (Å²) in [6, 6.07) is 11.3. The maximum Gasteiger partial charge on any atom is 0.343 e. The molecule has 1 heterocycles. The molecule has 5 rings (SSSR count). The highest BCUT2D eigenvalue weighted by Gasteiger charge is 2.59. The third-order valence-electron chi connectivity index (χ3n) is 6.09. The molecule has 4 atom stereocenters. The van der Waals surface area contributed by atoms with Gasteiger partial charge in [0.2, 0.25) is 11.8 Å². The van der Waals surface area contributed by atoms with Gasteiger partial charge in [0.05, 0.1) is 28.0 Å². The van der Waals surface area contributed by atoms with E-state index in [9.17, 15) is 24.5 Å². The molecule has 0 radical (unpaired) electrons. The zero-order valence-electron chi connectivity index (χ0n) is 15.6. The van der Waals surface area contributed by atoms with Gasteiger partial charge in [-0.15, -0.1) is 0 Å². The molecule has 0 N–H and O–H groups in total. The molecule has 8 nitrogen and oxygen atoms in total. The molecule has 0 aromatic heterocycles. The quantitative estimate of drug-likeness (QED) is 0.194. The highest BCUT2D eigenvalue weighted by molar-refractivity contribution is 6.22. The Bertz CT molecular complexity index is 1080. The standard InChI is InChI=1S/C22H16N2O6/c25-20-18-13-1-2-14(11-13)19(18)21(26)23(20)15-7-9-17(10-8-15)30-22(27)12-3-5-16(6-4-12)24(28)29/h1-10,13-14,18-19H,11H2/t13-,14-,18-,19-/m0/s1. The van der Waals surface area contributed by atoms with Crippen LogP contribution in [-0.2, 0) is 9.59 Å². The van der Waals surface area contributed by atoms with Crippen LogP contribution in [0.25, 0.3) is 0 Å². The van der Waals surface area contributed by atoms with Gasteiger partial charge in [-0.1, -0.05) is 12.2 Å². The molecular weight excluding hydrogens is 388 g/mol. The Labute approximate surface area is 170 Å².